The van der Waals surface area contributed by atoms with Crippen LogP contribution in [0.3, 0.4) is 0 Å². The zero-order chi connectivity index (χ0) is 18.0. The Hall–Kier alpha value is -2.49. The van der Waals surface area contributed by atoms with E-state index in [2.05, 4.69) is 0 Å². The number of ether oxygens (including phenoxy) is 1. The third-order valence-electron chi connectivity index (χ3n) is 3.34. The summed E-state index contributed by atoms with van der Waals surface area (Å²) < 4.78 is 35.8. The van der Waals surface area contributed by atoms with Gasteiger partial charge in [-0.15, -0.1) is 11.3 Å². The van der Waals surface area contributed by atoms with E-state index in [9.17, 15) is 18.0 Å². The monoisotopic (exact) mass is 379 g/mol. The van der Waals surface area contributed by atoms with Crippen molar-refractivity contribution in [3.63, 3.8) is 0 Å². The molecule has 0 spiro atoms. The second kappa shape index (κ2) is 6.79. The predicted octanol–water partition coefficient (Wildman–Crippen LogP) is 2.08. The van der Waals surface area contributed by atoms with Crippen molar-refractivity contribution in [1.82, 2.24) is 4.31 Å². The molecule has 2 heterocycles. The Morgan fingerprint density at radius 1 is 1.24 bits per heavy atom. The van der Waals surface area contributed by atoms with Crippen LogP contribution in [0, 0.1) is 0 Å². The summed E-state index contributed by atoms with van der Waals surface area (Å²) >= 11 is 1.07. The average molecular weight is 379 g/mol. The fourth-order valence-electron chi connectivity index (χ4n) is 2.10. The molecule has 0 amide bonds. The van der Waals surface area contributed by atoms with E-state index in [1.54, 1.807) is 23.6 Å². The summed E-state index contributed by atoms with van der Waals surface area (Å²) in [5.74, 6) is -0.589. The van der Waals surface area contributed by atoms with Gasteiger partial charge in [0.2, 0.25) is 0 Å². The van der Waals surface area contributed by atoms with Crippen LogP contribution < -0.4 is 10.4 Å². The molecule has 0 saturated heterocycles. The van der Waals surface area contributed by atoms with Gasteiger partial charge in [0.15, 0.2) is 0 Å². The first-order valence-corrected chi connectivity index (χ1v) is 9.43. The highest BCUT2D eigenvalue weighted by Crippen LogP contribution is 2.21. The highest BCUT2D eigenvalue weighted by molar-refractivity contribution is 7.91. The van der Waals surface area contributed by atoms with Crippen LogP contribution in [0.4, 0.5) is 0 Å². The number of thiophene rings is 1. The second-order valence-electron chi connectivity index (χ2n) is 5.12. The quantitative estimate of drug-likeness (QED) is 0.383. The molecule has 0 fully saturated rings. The lowest BCUT2D eigenvalue weighted by molar-refractivity contribution is -0.134. The van der Waals surface area contributed by atoms with Crippen molar-refractivity contribution in [2.45, 2.75) is 4.21 Å². The van der Waals surface area contributed by atoms with Crippen LogP contribution in [0.2, 0.25) is 0 Å². The number of carbonyl (C=O) groups is 1. The lowest BCUT2D eigenvalue weighted by atomic mass is 10.2. The summed E-state index contributed by atoms with van der Waals surface area (Å²) in [5, 5.41) is 2.32. The molecule has 1 aromatic carbocycles. The van der Waals surface area contributed by atoms with Gasteiger partial charge in [0, 0.05) is 24.6 Å². The van der Waals surface area contributed by atoms with Crippen molar-refractivity contribution in [2.24, 2.45) is 0 Å². The molecule has 0 N–H and O–H groups in total. The van der Waals surface area contributed by atoms with Gasteiger partial charge in [0.25, 0.3) is 10.0 Å². The molecule has 0 unspecified atom stereocenters. The maximum Gasteiger partial charge on any atom is 0.336 e. The summed E-state index contributed by atoms with van der Waals surface area (Å²) in [6.45, 7) is -0.447. The molecule has 3 aromatic rings. The predicted molar refractivity (Wildman–Crippen MR) is 92.3 cm³/mol. The van der Waals surface area contributed by atoms with Crippen molar-refractivity contribution in [1.29, 1.82) is 0 Å². The molecule has 0 aliphatic rings. The van der Waals surface area contributed by atoms with Crippen LogP contribution in [-0.2, 0) is 14.8 Å². The third-order valence-corrected chi connectivity index (χ3v) is 6.51. The van der Waals surface area contributed by atoms with E-state index in [0.717, 1.165) is 15.6 Å². The van der Waals surface area contributed by atoms with Gasteiger partial charge >= 0.3 is 11.6 Å². The maximum atomic E-state index is 12.3. The smallest absolute Gasteiger partial charge is 0.336 e. The topological polar surface area (TPSA) is 93.9 Å². The first-order valence-electron chi connectivity index (χ1n) is 7.11. The van der Waals surface area contributed by atoms with Gasteiger partial charge in [-0.3, -0.25) is 4.79 Å². The Bertz CT molecular complexity index is 1070. The number of hydrogen-bond acceptors (Lipinski definition) is 7. The van der Waals surface area contributed by atoms with Crippen molar-refractivity contribution < 1.29 is 22.4 Å². The Kier molecular flexibility index (Phi) is 4.71. The van der Waals surface area contributed by atoms with Gasteiger partial charge in [0.1, 0.15) is 22.1 Å². The number of benzene rings is 1. The fraction of sp³-hybridized carbons (Fsp3) is 0.125. The van der Waals surface area contributed by atoms with Gasteiger partial charge in [-0.25, -0.2) is 13.2 Å². The van der Waals surface area contributed by atoms with Crippen LogP contribution in [0.5, 0.6) is 5.75 Å². The van der Waals surface area contributed by atoms with E-state index in [1.165, 1.54) is 31.3 Å². The number of esters is 1. The molecule has 25 heavy (non-hydrogen) atoms. The SMILES string of the molecule is CN(CC(=O)Oc1ccc2ccc(=O)oc2c1)S(=O)(=O)c1cccs1. The molecule has 0 bridgehead atoms. The Labute approximate surface area is 147 Å². The maximum absolute atomic E-state index is 12.3. The number of nitrogens with zero attached hydrogens (tertiary/aromatic N) is 1. The van der Waals surface area contributed by atoms with Crippen LogP contribution in [0.15, 0.2) is 61.3 Å². The molecule has 3 rings (SSSR count). The van der Waals surface area contributed by atoms with Gasteiger partial charge in [-0.2, -0.15) is 4.31 Å². The van der Waals surface area contributed by atoms with Crippen molar-refractivity contribution >= 4 is 38.3 Å². The first kappa shape index (κ1) is 17.3. The van der Waals surface area contributed by atoms with Crippen molar-refractivity contribution in [3.8, 4) is 5.75 Å². The highest BCUT2D eigenvalue weighted by atomic mass is 32.2. The molecular weight excluding hydrogens is 366 g/mol. The highest BCUT2D eigenvalue weighted by Gasteiger charge is 2.24. The molecule has 0 aliphatic heterocycles. The first-order chi connectivity index (χ1) is 11.9. The largest absolute Gasteiger partial charge is 0.425 e. The molecule has 2 aromatic heterocycles. The zero-order valence-corrected chi connectivity index (χ0v) is 14.7. The van der Waals surface area contributed by atoms with Gasteiger partial charge in [-0.1, -0.05) is 6.07 Å². The van der Waals surface area contributed by atoms with E-state index in [-0.39, 0.29) is 15.5 Å². The Balaban J connectivity index is 1.73. The van der Waals surface area contributed by atoms with Crippen LogP contribution >= 0.6 is 11.3 Å². The summed E-state index contributed by atoms with van der Waals surface area (Å²) in [6.07, 6.45) is 0. The zero-order valence-electron chi connectivity index (χ0n) is 13.0. The van der Waals surface area contributed by atoms with Gasteiger partial charge < -0.3 is 9.15 Å². The lowest BCUT2D eigenvalue weighted by Gasteiger charge is -2.15. The minimum absolute atomic E-state index is 0.148. The van der Waals surface area contributed by atoms with Crippen LogP contribution in [-0.4, -0.2) is 32.3 Å². The molecule has 0 atom stereocenters. The number of carbonyl (C=O) groups excluding carboxylic acids is 1. The summed E-state index contributed by atoms with van der Waals surface area (Å²) in [5.41, 5.74) is -0.241. The second-order valence-corrected chi connectivity index (χ2v) is 8.34. The normalized spacial score (nSPS) is 11.8. The summed E-state index contributed by atoms with van der Waals surface area (Å²) in [4.78, 5) is 23.3. The third kappa shape index (κ3) is 3.78. The Morgan fingerprint density at radius 2 is 2.00 bits per heavy atom. The lowest BCUT2D eigenvalue weighted by Crippen LogP contribution is -2.33. The summed E-state index contributed by atoms with van der Waals surface area (Å²) in [6, 6.07) is 10.5. The fourth-order valence-corrected chi connectivity index (χ4v) is 4.42. The molecule has 7 nitrogen and oxygen atoms in total. The van der Waals surface area contributed by atoms with Gasteiger partial charge in [0.05, 0.1) is 0 Å². The number of hydrogen-bond donors (Lipinski definition) is 0. The summed E-state index contributed by atoms with van der Waals surface area (Å²) in [7, 11) is -2.43. The van der Waals surface area contributed by atoms with Crippen molar-refractivity contribution in [3.05, 3.63) is 58.3 Å². The standard InChI is InChI=1S/C16H13NO6S2/c1-17(25(20,21)16-3-2-8-24-16)10-15(19)22-12-6-4-11-5-7-14(18)23-13(11)9-12/h2-9H,10H2,1H3. The number of likely N-dealkylation sites (N-methyl/N-ethyl adjacent to an activating group) is 1. The number of rotatable bonds is 5. The van der Waals surface area contributed by atoms with E-state index < -0.39 is 28.2 Å². The number of sulfonamides is 1. The van der Waals surface area contributed by atoms with E-state index in [1.807, 2.05) is 0 Å². The van der Waals surface area contributed by atoms with E-state index in [0.29, 0.717) is 5.39 Å². The molecule has 0 aliphatic carbocycles. The average Bonchev–Trinajstić information content (AvgIpc) is 3.09. The van der Waals surface area contributed by atoms with E-state index >= 15 is 0 Å². The Morgan fingerprint density at radius 3 is 2.72 bits per heavy atom. The van der Waals surface area contributed by atoms with Crippen molar-refractivity contribution in [2.75, 3.05) is 13.6 Å². The van der Waals surface area contributed by atoms with Gasteiger partial charge in [-0.05, 0) is 29.6 Å². The molecule has 9 heteroatoms. The molecule has 0 saturated carbocycles. The molecular formula is C16H13NO6S2. The molecule has 130 valence electrons. The van der Waals surface area contributed by atoms with Crippen LogP contribution in [0.1, 0.15) is 0 Å². The molecule has 0 radical (unpaired) electrons. The number of fused-ring (bicyclic) bond motifs is 1. The van der Waals surface area contributed by atoms with E-state index in [4.69, 9.17) is 9.15 Å². The minimum Gasteiger partial charge on any atom is -0.425 e. The van der Waals surface area contributed by atoms with Crippen LogP contribution in [0.25, 0.3) is 11.0 Å². The minimum atomic E-state index is -3.73.